The lowest BCUT2D eigenvalue weighted by molar-refractivity contribution is 0.332. The second kappa shape index (κ2) is 5.89. The highest BCUT2D eigenvalue weighted by Gasteiger charge is 2.24. The molecule has 3 nitrogen and oxygen atoms in total. The van der Waals surface area contributed by atoms with E-state index >= 15 is 0 Å². The maximum atomic E-state index is 13.4. The van der Waals surface area contributed by atoms with E-state index in [0.717, 1.165) is 31.7 Å². The number of hydrogen-bond donors (Lipinski definition) is 1. The molecule has 1 aliphatic rings. The second-order valence-corrected chi connectivity index (χ2v) is 7.72. The minimum atomic E-state index is -3.63. The Morgan fingerprint density at radius 1 is 1.26 bits per heavy atom. The molecule has 0 heterocycles. The van der Waals surface area contributed by atoms with Crippen molar-refractivity contribution in [3.63, 3.8) is 0 Å². The highest BCUT2D eigenvalue weighted by Crippen LogP contribution is 2.25. The van der Waals surface area contributed by atoms with Gasteiger partial charge < -0.3 is 0 Å². The Hall–Kier alpha value is -0.460. The van der Waals surface area contributed by atoms with E-state index in [1.165, 1.54) is 12.1 Å². The van der Waals surface area contributed by atoms with Crippen LogP contribution in [0.2, 0.25) is 0 Å². The molecule has 0 atom stereocenters. The van der Waals surface area contributed by atoms with Crippen molar-refractivity contribution in [3.8, 4) is 0 Å². The van der Waals surface area contributed by atoms with E-state index in [0.29, 0.717) is 5.92 Å². The molecule has 1 aromatic rings. The van der Waals surface area contributed by atoms with Gasteiger partial charge in [-0.2, -0.15) is 0 Å². The number of rotatable bonds is 3. The third-order valence-electron chi connectivity index (χ3n) is 3.54. The molecule has 0 unspecified atom stereocenters. The molecule has 1 saturated carbocycles. The van der Waals surface area contributed by atoms with E-state index in [2.05, 4.69) is 27.6 Å². The van der Waals surface area contributed by atoms with Gasteiger partial charge in [0.25, 0.3) is 0 Å². The van der Waals surface area contributed by atoms with Crippen molar-refractivity contribution in [1.29, 1.82) is 0 Å². The van der Waals surface area contributed by atoms with Gasteiger partial charge >= 0.3 is 0 Å². The van der Waals surface area contributed by atoms with Gasteiger partial charge in [-0.05, 0) is 65.7 Å². The molecule has 0 amide bonds. The van der Waals surface area contributed by atoms with Gasteiger partial charge in [0.2, 0.25) is 10.0 Å². The van der Waals surface area contributed by atoms with Gasteiger partial charge in [-0.15, -0.1) is 0 Å². The summed E-state index contributed by atoms with van der Waals surface area (Å²) in [5.74, 6) is 0.0889. The molecule has 1 N–H and O–H groups in total. The molecule has 0 saturated heterocycles. The molecule has 0 aliphatic heterocycles. The Labute approximate surface area is 121 Å². The summed E-state index contributed by atoms with van der Waals surface area (Å²) in [6.45, 7) is 2.18. The van der Waals surface area contributed by atoms with E-state index in [-0.39, 0.29) is 15.4 Å². The van der Waals surface area contributed by atoms with Crippen LogP contribution in [0.4, 0.5) is 4.39 Å². The molecule has 2 rings (SSSR count). The molecule has 1 aromatic carbocycles. The summed E-state index contributed by atoms with van der Waals surface area (Å²) in [7, 11) is -3.63. The monoisotopic (exact) mass is 349 g/mol. The van der Waals surface area contributed by atoms with E-state index in [4.69, 9.17) is 0 Å². The lowest BCUT2D eigenvalue weighted by atomic mass is 9.88. The van der Waals surface area contributed by atoms with E-state index < -0.39 is 15.8 Å². The Morgan fingerprint density at radius 3 is 2.47 bits per heavy atom. The molecule has 0 spiro atoms. The van der Waals surface area contributed by atoms with Crippen LogP contribution in [-0.2, 0) is 10.0 Å². The molecule has 0 bridgehead atoms. The maximum Gasteiger partial charge on any atom is 0.240 e. The zero-order chi connectivity index (χ0) is 14.0. The van der Waals surface area contributed by atoms with Crippen LogP contribution in [0.25, 0.3) is 0 Å². The fourth-order valence-electron chi connectivity index (χ4n) is 2.31. The first-order valence-electron chi connectivity index (χ1n) is 6.36. The second-order valence-electron chi connectivity index (χ2n) is 5.15. The summed E-state index contributed by atoms with van der Waals surface area (Å²) in [5, 5.41) is 0. The normalized spacial score (nSPS) is 24.4. The van der Waals surface area contributed by atoms with Crippen molar-refractivity contribution in [2.75, 3.05) is 0 Å². The minimum absolute atomic E-state index is 0.0215. The standard InChI is InChI=1S/C13H17BrFNO2S/c1-9-2-4-10(5-3-9)16-19(17,18)11-6-7-12(14)13(15)8-11/h6-10,16H,2-5H2,1H3. The SMILES string of the molecule is CC1CCC(NS(=O)(=O)c2ccc(Br)c(F)c2)CC1. The number of benzene rings is 1. The number of hydrogen-bond acceptors (Lipinski definition) is 2. The summed E-state index contributed by atoms with van der Waals surface area (Å²) in [5.41, 5.74) is 0. The third-order valence-corrected chi connectivity index (χ3v) is 5.70. The summed E-state index contributed by atoms with van der Waals surface area (Å²) in [6.07, 6.45) is 3.75. The van der Waals surface area contributed by atoms with Crippen molar-refractivity contribution in [3.05, 3.63) is 28.5 Å². The topological polar surface area (TPSA) is 46.2 Å². The predicted molar refractivity (Wildman–Crippen MR) is 75.8 cm³/mol. The number of nitrogens with one attached hydrogen (secondary N) is 1. The van der Waals surface area contributed by atoms with Crippen LogP contribution in [0.3, 0.4) is 0 Å². The first kappa shape index (κ1) is 14.9. The van der Waals surface area contributed by atoms with Crippen molar-refractivity contribution in [1.82, 2.24) is 4.72 Å². The number of halogens is 2. The molecule has 0 radical (unpaired) electrons. The average Bonchev–Trinajstić information content (AvgIpc) is 2.35. The van der Waals surface area contributed by atoms with Crippen LogP contribution >= 0.6 is 15.9 Å². The third kappa shape index (κ3) is 3.77. The largest absolute Gasteiger partial charge is 0.240 e. The van der Waals surface area contributed by atoms with Crippen LogP contribution in [0, 0.1) is 11.7 Å². The zero-order valence-corrected chi connectivity index (χ0v) is 13.1. The summed E-state index contributed by atoms with van der Waals surface area (Å²) in [6, 6.07) is 3.82. The van der Waals surface area contributed by atoms with Gasteiger partial charge in [0.15, 0.2) is 0 Å². The van der Waals surface area contributed by atoms with Gasteiger partial charge in [-0.3, -0.25) is 0 Å². The van der Waals surface area contributed by atoms with Gasteiger partial charge in [-0.1, -0.05) is 6.92 Å². The Balaban J connectivity index is 2.11. The van der Waals surface area contributed by atoms with Crippen molar-refractivity contribution >= 4 is 26.0 Å². The van der Waals surface area contributed by atoms with E-state index in [9.17, 15) is 12.8 Å². The Bertz CT molecular complexity index is 554. The van der Waals surface area contributed by atoms with Crippen molar-refractivity contribution < 1.29 is 12.8 Å². The lowest BCUT2D eigenvalue weighted by Gasteiger charge is -2.26. The molecule has 19 heavy (non-hydrogen) atoms. The minimum Gasteiger partial charge on any atom is -0.208 e. The van der Waals surface area contributed by atoms with Crippen molar-refractivity contribution in [2.24, 2.45) is 5.92 Å². The van der Waals surface area contributed by atoms with Crippen LogP contribution in [0.1, 0.15) is 32.6 Å². The summed E-state index contributed by atoms with van der Waals surface area (Å²) < 4.78 is 40.6. The molecule has 6 heteroatoms. The predicted octanol–water partition coefficient (Wildman–Crippen LogP) is 3.45. The Kier molecular flexibility index (Phi) is 4.63. The molecule has 1 aliphatic carbocycles. The molecular formula is C13H17BrFNO2S. The van der Waals surface area contributed by atoms with Gasteiger partial charge in [0.05, 0.1) is 9.37 Å². The fraction of sp³-hybridized carbons (Fsp3) is 0.538. The molecule has 1 fully saturated rings. The van der Waals surface area contributed by atoms with Gasteiger partial charge in [-0.25, -0.2) is 17.5 Å². The van der Waals surface area contributed by atoms with Gasteiger partial charge in [0, 0.05) is 6.04 Å². The first-order chi connectivity index (χ1) is 8.88. The molecule has 106 valence electrons. The van der Waals surface area contributed by atoms with E-state index in [1.54, 1.807) is 0 Å². The van der Waals surface area contributed by atoms with Crippen LogP contribution in [0.15, 0.2) is 27.6 Å². The first-order valence-corrected chi connectivity index (χ1v) is 8.63. The average molecular weight is 350 g/mol. The van der Waals surface area contributed by atoms with Gasteiger partial charge in [0.1, 0.15) is 5.82 Å². The number of sulfonamides is 1. The lowest BCUT2D eigenvalue weighted by Crippen LogP contribution is -2.37. The van der Waals surface area contributed by atoms with Crippen LogP contribution < -0.4 is 4.72 Å². The van der Waals surface area contributed by atoms with Crippen LogP contribution in [-0.4, -0.2) is 14.5 Å². The van der Waals surface area contributed by atoms with Crippen LogP contribution in [0.5, 0.6) is 0 Å². The Morgan fingerprint density at radius 2 is 1.89 bits per heavy atom. The fourth-order valence-corrected chi connectivity index (χ4v) is 3.87. The molecule has 0 aromatic heterocycles. The highest BCUT2D eigenvalue weighted by molar-refractivity contribution is 9.10. The van der Waals surface area contributed by atoms with E-state index in [1.807, 2.05) is 0 Å². The smallest absolute Gasteiger partial charge is 0.208 e. The highest BCUT2D eigenvalue weighted by atomic mass is 79.9. The summed E-state index contributed by atoms with van der Waals surface area (Å²) in [4.78, 5) is -0.0215. The zero-order valence-electron chi connectivity index (χ0n) is 10.7. The van der Waals surface area contributed by atoms with Crippen molar-refractivity contribution in [2.45, 2.75) is 43.5 Å². The maximum absolute atomic E-state index is 13.4. The summed E-state index contributed by atoms with van der Waals surface area (Å²) >= 11 is 3.01. The quantitative estimate of drug-likeness (QED) is 0.908. The molecular weight excluding hydrogens is 333 g/mol.